The van der Waals surface area contributed by atoms with Gasteiger partial charge in [-0.2, -0.15) is 15.1 Å². The number of nitrogens with zero attached hydrogens (tertiary/aromatic N) is 4. The van der Waals surface area contributed by atoms with Crippen molar-refractivity contribution < 1.29 is 17.6 Å². The van der Waals surface area contributed by atoms with Crippen LogP contribution in [0, 0.1) is 24.1 Å². The summed E-state index contributed by atoms with van der Waals surface area (Å²) < 4.78 is 42.6. The van der Waals surface area contributed by atoms with Gasteiger partial charge in [-0.15, -0.1) is 0 Å². The Labute approximate surface area is 156 Å². The number of aryl methyl sites for hydroxylation is 2. The molecule has 0 spiro atoms. The van der Waals surface area contributed by atoms with Gasteiger partial charge in [0.2, 0.25) is 15.9 Å². The molecule has 1 fully saturated rings. The summed E-state index contributed by atoms with van der Waals surface area (Å²) in [4.78, 5) is 14.0. The summed E-state index contributed by atoms with van der Waals surface area (Å²) in [7, 11) is -2.46. The molecule has 2 aromatic rings. The van der Waals surface area contributed by atoms with Crippen molar-refractivity contribution in [2.75, 3.05) is 11.4 Å². The van der Waals surface area contributed by atoms with E-state index in [9.17, 15) is 17.6 Å². The lowest BCUT2D eigenvalue weighted by Crippen LogP contribution is -2.52. The average Bonchev–Trinajstić information content (AvgIpc) is 2.94. The predicted octanol–water partition coefficient (Wildman–Crippen LogP) is 1.21. The molecule has 27 heavy (non-hydrogen) atoms. The molecule has 142 valence electrons. The van der Waals surface area contributed by atoms with E-state index < -0.39 is 27.8 Å². The van der Waals surface area contributed by atoms with Crippen LogP contribution < -0.4 is 9.62 Å². The van der Waals surface area contributed by atoms with Crippen LogP contribution in [0.1, 0.15) is 24.1 Å². The van der Waals surface area contributed by atoms with Crippen LogP contribution >= 0.6 is 0 Å². The number of carbonyl (C=O) groups is 1. The normalized spacial score (nSPS) is 17.8. The average molecular weight is 391 g/mol. The van der Waals surface area contributed by atoms with Crippen LogP contribution in [0.5, 0.6) is 0 Å². The number of nitrogens with one attached hydrogen (secondary N) is 1. The highest BCUT2D eigenvalue weighted by Crippen LogP contribution is 2.23. The zero-order valence-electron chi connectivity index (χ0n) is 14.8. The van der Waals surface area contributed by atoms with E-state index in [2.05, 4.69) is 9.82 Å². The zero-order chi connectivity index (χ0) is 19.8. The first-order valence-corrected chi connectivity index (χ1v) is 9.75. The fourth-order valence-electron chi connectivity index (χ4n) is 3.14. The number of sulfonamides is 1. The SMILES string of the molecule is Cc1cc(N2CCCC(NS(=O)(=O)c3ccc(F)cc3C#N)C2=O)n(C)n1. The molecule has 1 N–H and O–H groups in total. The Bertz CT molecular complexity index is 1040. The molecule has 1 saturated heterocycles. The van der Waals surface area contributed by atoms with Gasteiger partial charge < -0.3 is 0 Å². The van der Waals surface area contributed by atoms with Gasteiger partial charge >= 0.3 is 0 Å². The van der Waals surface area contributed by atoms with Gasteiger partial charge in [-0.25, -0.2) is 12.8 Å². The Kier molecular flexibility index (Phi) is 4.99. The molecule has 1 atom stereocenters. The third-order valence-corrected chi connectivity index (χ3v) is 5.87. The van der Waals surface area contributed by atoms with Gasteiger partial charge in [-0.05, 0) is 38.0 Å². The Morgan fingerprint density at radius 2 is 2.11 bits per heavy atom. The van der Waals surface area contributed by atoms with E-state index in [1.54, 1.807) is 30.8 Å². The molecule has 0 aliphatic carbocycles. The third-order valence-electron chi connectivity index (χ3n) is 4.34. The quantitative estimate of drug-likeness (QED) is 0.843. The van der Waals surface area contributed by atoms with Crippen molar-refractivity contribution >= 4 is 21.7 Å². The second kappa shape index (κ2) is 7.09. The maximum atomic E-state index is 13.3. The minimum Gasteiger partial charge on any atom is -0.296 e. The molecule has 2 heterocycles. The molecular formula is C17H18FN5O3S. The molecule has 8 nitrogen and oxygen atoms in total. The van der Waals surface area contributed by atoms with Crippen LogP contribution in [0.3, 0.4) is 0 Å². The fourth-order valence-corrected chi connectivity index (χ4v) is 4.50. The number of aromatic nitrogens is 2. The van der Waals surface area contributed by atoms with Crippen LogP contribution in [0.4, 0.5) is 10.2 Å². The number of piperidine rings is 1. The van der Waals surface area contributed by atoms with Crippen LogP contribution in [0.25, 0.3) is 0 Å². The minimum atomic E-state index is -4.17. The minimum absolute atomic E-state index is 0.315. The van der Waals surface area contributed by atoms with Crippen LogP contribution in [-0.4, -0.2) is 36.7 Å². The van der Waals surface area contributed by atoms with Gasteiger partial charge in [0.1, 0.15) is 23.7 Å². The Morgan fingerprint density at radius 3 is 2.74 bits per heavy atom. The highest BCUT2D eigenvalue weighted by Gasteiger charge is 2.35. The molecule has 1 aliphatic heterocycles. The molecule has 1 aromatic carbocycles. The molecule has 0 bridgehead atoms. The summed E-state index contributed by atoms with van der Waals surface area (Å²) in [5.41, 5.74) is 0.429. The molecule has 1 aromatic heterocycles. The second-order valence-corrected chi connectivity index (χ2v) is 8.01. The Hall–Kier alpha value is -2.77. The summed E-state index contributed by atoms with van der Waals surface area (Å²) in [6.07, 6.45) is 0.923. The van der Waals surface area contributed by atoms with E-state index in [1.165, 1.54) is 4.90 Å². The predicted molar refractivity (Wildman–Crippen MR) is 94.8 cm³/mol. The van der Waals surface area contributed by atoms with Crippen molar-refractivity contribution in [2.24, 2.45) is 7.05 Å². The van der Waals surface area contributed by atoms with Crippen molar-refractivity contribution in [2.45, 2.75) is 30.7 Å². The highest BCUT2D eigenvalue weighted by molar-refractivity contribution is 7.89. The largest absolute Gasteiger partial charge is 0.296 e. The number of hydrogen-bond acceptors (Lipinski definition) is 5. The smallest absolute Gasteiger partial charge is 0.246 e. The number of carbonyl (C=O) groups excluding carboxylic acids is 1. The van der Waals surface area contributed by atoms with Crippen molar-refractivity contribution in [3.63, 3.8) is 0 Å². The first-order valence-electron chi connectivity index (χ1n) is 8.27. The Morgan fingerprint density at radius 1 is 1.37 bits per heavy atom. The highest BCUT2D eigenvalue weighted by atomic mass is 32.2. The van der Waals surface area contributed by atoms with E-state index in [4.69, 9.17) is 5.26 Å². The number of benzene rings is 1. The van der Waals surface area contributed by atoms with Crippen molar-refractivity contribution in [1.82, 2.24) is 14.5 Å². The zero-order valence-corrected chi connectivity index (χ0v) is 15.6. The summed E-state index contributed by atoms with van der Waals surface area (Å²) >= 11 is 0. The van der Waals surface area contributed by atoms with Crippen LogP contribution in [0.15, 0.2) is 29.2 Å². The lowest BCUT2D eigenvalue weighted by molar-refractivity contribution is -0.121. The van der Waals surface area contributed by atoms with Crippen LogP contribution in [-0.2, 0) is 21.9 Å². The van der Waals surface area contributed by atoms with Gasteiger partial charge in [0, 0.05) is 19.7 Å². The monoisotopic (exact) mass is 391 g/mol. The lowest BCUT2D eigenvalue weighted by Gasteiger charge is -2.32. The lowest BCUT2D eigenvalue weighted by atomic mass is 10.1. The van der Waals surface area contributed by atoms with E-state index in [1.807, 2.05) is 0 Å². The molecule has 1 aliphatic rings. The molecule has 0 radical (unpaired) electrons. The summed E-state index contributed by atoms with van der Waals surface area (Å²) in [5.74, 6) is -0.522. The van der Waals surface area contributed by atoms with Crippen molar-refractivity contribution in [3.8, 4) is 6.07 Å². The second-order valence-electron chi connectivity index (χ2n) is 6.33. The number of anilines is 1. The maximum absolute atomic E-state index is 13.3. The van der Waals surface area contributed by atoms with E-state index in [0.717, 1.165) is 23.9 Å². The summed E-state index contributed by atoms with van der Waals surface area (Å²) in [6.45, 7) is 2.26. The van der Waals surface area contributed by atoms with Gasteiger partial charge in [0.15, 0.2) is 0 Å². The topological polar surface area (TPSA) is 108 Å². The first kappa shape index (κ1) is 19.0. The van der Waals surface area contributed by atoms with Crippen molar-refractivity contribution in [1.29, 1.82) is 5.26 Å². The fraction of sp³-hybridized carbons (Fsp3) is 0.353. The molecule has 3 rings (SSSR count). The number of nitriles is 1. The molecule has 10 heteroatoms. The summed E-state index contributed by atoms with van der Waals surface area (Å²) in [6, 6.07) is 5.28. The molecule has 1 unspecified atom stereocenters. The van der Waals surface area contributed by atoms with Crippen LogP contribution in [0.2, 0.25) is 0 Å². The van der Waals surface area contributed by atoms with Gasteiger partial charge in [-0.3, -0.25) is 14.4 Å². The first-order chi connectivity index (χ1) is 12.7. The number of hydrogen-bond donors (Lipinski definition) is 1. The van der Waals surface area contributed by atoms with E-state index in [-0.39, 0.29) is 10.5 Å². The van der Waals surface area contributed by atoms with Gasteiger partial charge in [0.25, 0.3) is 0 Å². The third kappa shape index (κ3) is 3.70. The van der Waals surface area contributed by atoms with Crippen molar-refractivity contribution in [3.05, 3.63) is 41.3 Å². The maximum Gasteiger partial charge on any atom is 0.246 e. The molecular weight excluding hydrogens is 373 g/mol. The standard InChI is InChI=1S/C17H18FN5O3S/c1-11-8-16(22(2)20-11)23-7-3-4-14(17(23)24)21-27(25,26)15-6-5-13(18)9-12(15)10-19/h5-6,8-9,14,21H,3-4,7H2,1-2H3. The number of rotatable bonds is 4. The number of halogens is 1. The Balaban J connectivity index is 1.88. The number of amides is 1. The van der Waals surface area contributed by atoms with E-state index >= 15 is 0 Å². The molecule has 1 amide bonds. The van der Waals surface area contributed by atoms with Gasteiger partial charge in [0.05, 0.1) is 16.2 Å². The van der Waals surface area contributed by atoms with Gasteiger partial charge in [-0.1, -0.05) is 0 Å². The van der Waals surface area contributed by atoms with E-state index in [0.29, 0.717) is 25.2 Å². The summed E-state index contributed by atoms with van der Waals surface area (Å²) in [5, 5.41) is 13.3. The molecule has 0 saturated carbocycles.